The van der Waals surface area contributed by atoms with Gasteiger partial charge in [0.2, 0.25) is 5.95 Å². The highest BCUT2D eigenvalue weighted by Crippen LogP contribution is 2.36. The molecule has 0 radical (unpaired) electrons. The molecule has 1 saturated carbocycles. The van der Waals surface area contributed by atoms with E-state index in [-0.39, 0.29) is 0 Å². The highest BCUT2D eigenvalue weighted by atomic mass is 16.5. The molecular formula is C11H19N3O. The van der Waals surface area contributed by atoms with E-state index in [1.807, 2.05) is 19.3 Å². The maximum atomic E-state index is 5.36. The fourth-order valence-corrected chi connectivity index (χ4v) is 1.63. The van der Waals surface area contributed by atoms with Crippen LogP contribution >= 0.6 is 0 Å². The van der Waals surface area contributed by atoms with Crippen LogP contribution in [0.4, 0.5) is 5.95 Å². The Kier molecular flexibility index (Phi) is 3.26. The number of rotatable bonds is 6. The first kappa shape index (κ1) is 10.5. The summed E-state index contributed by atoms with van der Waals surface area (Å²) in [5, 5.41) is 3.37. The van der Waals surface area contributed by atoms with Crippen LogP contribution in [0.5, 0.6) is 0 Å². The summed E-state index contributed by atoms with van der Waals surface area (Å²) in [6, 6.07) is 0.985. The highest BCUT2D eigenvalue weighted by molar-refractivity contribution is 5.29. The maximum Gasteiger partial charge on any atom is 0.203 e. The molecule has 1 aromatic rings. The average molecular weight is 209 g/mol. The van der Waals surface area contributed by atoms with Crippen LogP contribution in [-0.2, 0) is 4.74 Å². The van der Waals surface area contributed by atoms with Crippen molar-refractivity contribution < 1.29 is 4.74 Å². The highest BCUT2D eigenvalue weighted by Gasteiger charge is 2.25. The number of anilines is 1. The van der Waals surface area contributed by atoms with Gasteiger partial charge in [-0.15, -0.1) is 0 Å². The molecule has 1 unspecified atom stereocenters. The van der Waals surface area contributed by atoms with Crippen molar-refractivity contribution in [1.82, 2.24) is 9.55 Å². The summed E-state index contributed by atoms with van der Waals surface area (Å²) < 4.78 is 7.59. The van der Waals surface area contributed by atoms with Crippen molar-refractivity contribution in [3.05, 3.63) is 12.4 Å². The zero-order valence-corrected chi connectivity index (χ0v) is 9.44. The first-order valence-corrected chi connectivity index (χ1v) is 5.68. The van der Waals surface area contributed by atoms with Gasteiger partial charge in [-0.2, -0.15) is 0 Å². The summed E-state index contributed by atoms with van der Waals surface area (Å²) in [5.74, 6) is 0.977. The SMILES string of the molecule is CCOCC(C)Nc1nccn1C1CC1. The molecule has 0 bridgehead atoms. The molecule has 4 nitrogen and oxygen atoms in total. The Balaban J connectivity index is 1.88. The van der Waals surface area contributed by atoms with E-state index in [4.69, 9.17) is 4.74 Å². The van der Waals surface area contributed by atoms with Crippen LogP contribution in [0.2, 0.25) is 0 Å². The standard InChI is InChI=1S/C11H19N3O/c1-3-15-8-9(2)13-11-12-6-7-14(11)10-4-5-10/h6-7,9-10H,3-5,8H2,1-2H3,(H,12,13). The van der Waals surface area contributed by atoms with Gasteiger partial charge in [-0.1, -0.05) is 0 Å². The second kappa shape index (κ2) is 4.66. The summed E-state index contributed by atoms with van der Waals surface area (Å²) in [7, 11) is 0. The molecule has 1 atom stereocenters. The van der Waals surface area contributed by atoms with Crippen molar-refractivity contribution >= 4 is 5.95 Å². The minimum Gasteiger partial charge on any atom is -0.380 e. The van der Waals surface area contributed by atoms with Crippen molar-refractivity contribution in [2.45, 2.75) is 38.8 Å². The predicted octanol–water partition coefficient (Wildman–Crippen LogP) is 2.05. The summed E-state index contributed by atoms with van der Waals surface area (Å²) in [6.07, 6.45) is 6.47. The van der Waals surface area contributed by atoms with Crippen LogP contribution in [0.15, 0.2) is 12.4 Å². The van der Waals surface area contributed by atoms with Gasteiger partial charge in [0.25, 0.3) is 0 Å². The Morgan fingerprint density at radius 1 is 1.67 bits per heavy atom. The van der Waals surface area contributed by atoms with E-state index in [9.17, 15) is 0 Å². The molecule has 84 valence electrons. The summed E-state index contributed by atoms with van der Waals surface area (Å²) in [5.41, 5.74) is 0. The molecular weight excluding hydrogens is 190 g/mol. The van der Waals surface area contributed by atoms with E-state index in [1.54, 1.807) is 0 Å². The van der Waals surface area contributed by atoms with Crippen LogP contribution < -0.4 is 5.32 Å². The van der Waals surface area contributed by atoms with Gasteiger partial charge in [-0.05, 0) is 26.7 Å². The first-order valence-electron chi connectivity index (χ1n) is 5.68. The Morgan fingerprint density at radius 2 is 2.47 bits per heavy atom. The second-order valence-electron chi connectivity index (χ2n) is 4.09. The molecule has 1 fully saturated rings. The lowest BCUT2D eigenvalue weighted by atomic mass is 10.4. The van der Waals surface area contributed by atoms with E-state index >= 15 is 0 Å². The van der Waals surface area contributed by atoms with Gasteiger partial charge in [0, 0.05) is 31.1 Å². The Bertz CT molecular complexity index is 307. The van der Waals surface area contributed by atoms with Gasteiger partial charge < -0.3 is 14.6 Å². The Labute approximate surface area is 90.6 Å². The zero-order valence-electron chi connectivity index (χ0n) is 9.44. The molecule has 1 aliphatic carbocycles. The molecule has 1 aromatic heterocycles. The lowest BCUT2D eigenvalue weighted by Gasteiger charge is -2.15. The third-order valence-corrected chi connectivity index (χ3v) is 2.56. The number of nitrogens with one attached hydrogen (secondary N) is 1. The lowest BCUT2D eigenvalue weighted by Crippen LogP contribution is -2.23. The third kappa shape index (κ3) is 2.72. The van der Waals surface area contributed by atoms with Crippen molar-refractivity contribution in [2.24, 2.45) is 0 Å². The van der Waals surface area contributed by atoms with Gasteiger partial charge in [0.05, 0.1) is 6.61 Å². The number of imidazole rings is 1. The normalized spacial score (nSPS) is 17.7. The van der Waals surface area contributed by atoms with Crippen molar-refractivity contribution in [3.63, 3.8) is 0 Å². The maximum absolute atomic E-state index is 5.36. The molecule has 0 aromatic carbocycles. The quantitative estimate of drug-likeness (QED) is 0.779. The number of ether oxygens (including phenoxy) is 1. The first-order chi connectivity index (χ1) is 7.31. The molecule has 0 aliphatic heterocycles. The molecule has 15 heavy (non-hydrogen) atoms. The average Bonchev–Trinajstić information content (AvgIpc) is 2.97. The Morgan fingerprint density at radius 3 is 3.13 bits per heavy atom. The molecule has 1 heterocycles. The fraction of sp³-hybridized carbons (Fsp3) is 0.727. The van der Waals surface area contributed by atoms with Crippen molar-refractivity contribution in [3.8, 4) is 0 Å². The number of aromatic nitrogens is 2. The van der Waals surface area contributed by atoms with Crippen molar-refractivity contribution in [2.75, 3.05) is 18.5 Å². The second-order valence-corrected chi connectivity index (χ2v) is 4.09. The third-order valence-electron chi connectivity index (χ3n) is 2.56. The van der Waals surface area contributed by atoms with E-state index in [0.717, 1.165) is 19.2 Å². The smallest absolute Gasteiger partial charge is 0.203 e. The largest absolute Gasteiger partial charge is 0.380 e. The van der Waals surface area contributed by atoms with E-state index in [1.165, 1.54) is 12.8 Å². The molecule has 1 aliphatic rings. The summed E-state index contributed by atoms with van der Waals surface area (Å²) in [4.78, 5) is 4.32. The molecule has 0 amide bonds. The van der Waals surface area contributed by atoms with Crippen LogP contribution in [0, 0.1) is 0 Å². The molecule has 4 heteroatoms. The zero-order chi connectivity index (χ0) is 10.7. The Hall–Kier alpha value is -1.03. The fourth-order valence-electron chi connectivity index (χ4n) is 1.63. The van der Waals surface area contributed by atoms with Crippen LogP contribution in [-0.4, -0.2) is 28.8 Å². The lowest BCUT2D eigenvalue weighted by molar-refractivity contribution is 0.141. The van der Waals surface area contributed by atoms with E-state index in [2.05, 4.69) is 21.8 Å². The van der Waals surface area contributed by atoms with Gasteiger partial charge >= 0.3 is 0 Å². The van der Waals surface area contributed by atoms with Crippen LogP contribution in [0.25, 0.3) is 0 Å². The molecule has 0 saturated heterocycles. The monoisotopic (exact) mass is 209 g/mol. The topological polar surface area (TPSA) is 39.1 Å². The minimum absolute atomic E-state index is 0.310. The van der Waals surface area contributed by atoms with E-state index in [0.29, 0.717) is 12.1 Å². The number of nitrogens with zero attached hydrogens (tertiary/aromatic N) is 2. The molecule has 1 N–H and O–H groups in total. The summed E-state index contributed by atoms with van der Waals surface area (Å²) in [6.45, 7) is 5.62. The number of hydrogen-bond donors (Lipinski definition) is 1. The minimum atomic E-state index is 0.310. The predicted molar refractivity (Wildman–Crippen MR) is 60.1 cm³/mol. The van der Waals surface area contributed by atoms with Gasteiger partial charge in [0.15, 0.2) is 0 Å². The van der Waals surface area contributed by atoms with Crippen LogP contribution in [0.1, 0.15) is 32.7 Å². The van der Waals surface area contributed by atoms with Gasteiger partial charge in [-0.25, -0.2) is 4.98 Å². The van der Waals surface area contributed by atoms with E-state index < -0.39 is 0 Å². The molecule has 0 spiro atoms. The van der Waals surface area contributed by atoms with Crippen LogP contribution in [0.3, 0.4) is 0 Å². The number of hydrogen-bond acceptors (Lipinski definition) is 3. The van der Waals surface area contributed by atoms with Gasteiger partial charge in [0.1, 0.15) is 0 Å². The van der Waals surface area contributed by atoms with Crippen molar-refractivity contribution in [1.29, 1.82) is 0 Å². The molecule has 2 rings (SSSR count). The summed E-state index contributed by atoms with van der Waals surface area (Å²) >= 11 is 0. The van der Waals surface area contributed by atoms with Gasteiger partial charge in [-0.3, -0.25) is 0 Å².